The SMILES string of the molecule is CCN(C)Cc1cccc(CNC(=NC)NC2CCN(C(C)C)CC2)c1.I. The number of rotatable bonds is 7. The molecule has 1 aromatic carbocycles. The van der Waals surface area contributed by atoms with Crippen LogP contribution in [0.15, 0.2) is 29.3 Å². The fourth-order valence-corrected chi connectivity index (χ4v) is 3.40. The van der Waals surface area contributed by atoms with Gasteiger partial charge in [-0.05, 0) is 51.4 Å². The van der Waals surface area contributed by atoms with Gasteiger partial charge in [0.05, 0.1) is 0 Å². The molecule has 2 N–H and O–H groups in total. The zero-order valence-electron chi connectivity index (χ0n) is 17.7. The van der Waals surface area contributed by atoms with Gasteiger partial charge in [-0.15, -0.1) is 24.0 Å². The lowest BCUT2D eigenvalue weighted by Crippen LogP contribution is -2.49. The number of nitrogens with one attached hydrogen (secondary N) is 2. The number of piperidine rings is 1. The quantitative estimate of drug-likeness (QED) is 0.352. The number of aliphatic imine (C=N–C) groups is 1. The molecule has 0 unspecified atom stereocenters. The molecule has 0 aromatic heterocycles. The van der Waals surface area contributed by atoms with Crippen molar-refractivity contribution in [1.82, 2.24) is 20.4 Å². The van der Waals surface area contributed by atoms with Crippen LogP contribution in [0.1, 0.15) is 44.7 Å². The van der Waals surface area contributed by atoms with Crippen LogP contribution in [-0.2, 0) is 13.1 Å². The van der Waals surface area contributed by atoms with Gasteiger partial charge in [0.1, 0.15) is 0 Å². The highest BCUT2D eigenvalue weighted by Gasteiger charge is 2.21. The Morgan fingerprint density at radius 1 is 1.26 bits per heavy atom. The van der Waals surface area contributed by atoms with Gasteiger partial charge in [0.2, 0.25) is 0 Å². The third kappa shape index (κ3) is 8.35. The number of halogens is 1. The molecule has 1 aliphatic rings. The molecular formula is C21H38IN5. The van der Waals surface area contributed by atoms with Crippen molar-refractivity contribution in [3.05, 3.63) is 35.4 Å². The molecule has 1 heterocycles. The van der Waals surface area contributed by atoms with E-state index in [1.54, 1.807) is 0 Å². The fourth-order valence-electron chi connectivity index (χ4n) is 3.40. The van der Waals surface area contributed by atoms with Crippen molar-refractivity contribution < 1.29 is 0 Å². The van der Waals surface area contributed by atoms with Crippen molar-refractivity contribution in [3.8, 4) is 0 Å². The summed E-state index contributed by atoms with van der Waals surface area (Å²) in [6, 6.07) is 9.97. The summed E-state index contributed by atoms with van der Waals surface area (Å²) in [6.45, 7) is 11.9. The predicted molar refractivity (Wildman–Crippen MR) is 127 cm³/mol. The van der Waals surface area contributed by atoms with Crippen LogP contribution in [0.25, 0.3) is 0 Å². The number of nitrogens with zero attached hydrogens (tertiary/aromatic N) is 3. The second-order valence-electron chi connectivity index (χ2n) is 7.62. The summed E-state index contributed by atoms with van der Waals surface area (Å²) < 4.78 is 0. The maximum absolute atomic E-state index is 4.41. The summed E-state index contributed by atoms with van der Waals surface area (Å²) in [6.07, 6.45) is 2.36. The van der Waals surface area contributed by atoms with Gasteiger partial charge in [-0.1, -0.05) is 31.2 Å². The molecule has 2 rings (SSSR count). The summed E-state index contributed by atoms with van der Waals surface area (Å²) in [5.41, 5.74) is 2.65. The van der Waals surface area contributed by atoms with E-state index in [0.29, 0.717) is 12.1 Å². The minimum Gasteiger partial charge on any atom is -0.354 e. The van der Waals surface area contributed by atoms with Gasteiger partial charge in [0.15, 0.2) is 5.96 Å². The highest BCUT2D eigenvalue weighted by molar-refractivity contribution is 14.0. The highest BCUT2D eigenvalue weighted by atomic mass is 127. The lowest BCUT2D eigenvalue weighted by atomic mass is 10.0. The fraction of sp³-hybridized carbons (Fsp3) is 0.667. The topological polar surface area (TPSA) is 42.9 Å². The molecule has 6 heteroatoms. The number of benzene rings is 1. The molecule has 0 radical (unpaired) electrons. The lowest BCUT2D eigenvalue weighted by molar-refractivity contribution is 0.167. The molecule has 1 fully saturated rings. The van der Waals surface area contributed by atoms with Crippen molar-refractivity contribution in [2.45, 2.75) is 58.8 Å². The van der Waals surface area contributed by atoms with Crippen molar-refractivity contribution >= 4 is 29.9 Å². The number of hydrogen-bond donors (Lipinski definition) is 2. The lowest BCUT2D eigenvalue weighted by Gasteiger charge is -2.35. The van der Waals surface area contributed by atoms with Gasteiger partial charge >= 0.3 is 0 Å². The first-order chi connectivity index (χ1) is 12.5. The Kier molecular flexibility index (Phi) is 11.3. The molecule has 1 aromatic rings. The summed E-state index contributed by atoms with van der Waals surface area (Å²) >= 11 is 0. The highest BCUT2D eigenvalue weighted by Crippen LogP contribution is 2.13. The average Bonchev–Trinajstić information content (AvgIpc) is 2.65. The van der Waals surface area contributed by atoms with Gasteiger partial charge in [0, 0.05) is 45.3 Å². The maximum Gasteiger partial charge on any atom is 0.191 e. The van der Waals surface area contributed by atoms with Crippen LogP contribution in [0, 0.1) is 0 Å². The van der Waals surface area contributed by atoms with E-state index in [1.165, 1.54) is 37.1 Å². The molecule has 1 saturated heterocycles. The number of hydrogen-bond acceptors (Lipinski definition) is 3. The van der Waals surface area contributed by atoms with Gasteiger partial charge < -0.3 is 20.4 Å². The first kappa shape index (κ1) is 24.2. The average molecular weight is 487 g/mol. The minimum absolute atomic E-state index is 0. The Morgan fingerprint density at radius 3 is 2.52 bits per heavy atom. The Bertz CT molecular complexity index is 567. The molecular weight excluding hydrogens is 449 g/mol. The predicted octanol–water partition coefficient (Wildman–Crippen LogP) is 3.29. The summed E-state index contributed by atoms with van der Waals surface area (Å²) in [5.74, 6) is 0.907. The summed E-state index contributed by atoms with van der Waals surface area (Å²) in [7, 11) is 4.01. The van der Waals surface area contributed by atoms with Crippen LogP contribution in [-0.4, -0.2) is 61.6 Å². The van der Waals surface area contributed by atoms with Crippen LogP contribution in [0.2, 0.25) is 0 Å². The van der Waals surface area contributed by atoms with E-state index in [0.717, 1.165) is 25.6 Å². The third-order valence-electron chi connectivity index (χ3n) is 5.27. The van der Waals surface area contributed by atoms with Crippen LogP contribution < -0.4 is 10.6 Å². The van der Waals surface area contributed by atoms with Crippen LogP contribution in [0.3, 0.4) is 0 Å². The van der Waals surface area contributed by atoms with E-state index in [9.17, 15) is 0 Å². The second-order valence-corrected chi connectivity index (χ2v) is 7.62. The van der Waals surface area contributed by atoms with Gasteiger partial charge in [-0.25, -0.2) is 0 Å². The van der Waals surface area contributed by atoms with Gasteiger partial charge in [0.25, 0.3) is 0 Å². The Morgan fingerprint density at radius 2 is 1.93 bits per heavy atom. The van der Waals surface area contributed by atoms with E-state index >= 15 is 0 Å². The molecule has 1 aliphatic heterocycles. The van der Waals surface area contributed by atoms with E-state index in [1.807, 2.05) is 7.05 Å². The Hall–Kier alpha value is -0.860. The normalized spacial score (nSPS) is 16.5. The Balaban J connectivity index is 0.00000364. The van der Waals surface area contributed by atoms with Crippen molar-refractivity contribution in [2.24, 2.45) is 4.99 Å². The maximum atomic E-state index is 4.41. The summed E-state index contributed by atoms with van der Waals surface area (Å²) in [4.78, 5) is 9.27. The number of likely N-dealkylation sites (tertiary alicyclic amines) is 1. The first-order valence-corrected chi connectivity index (χ1v) is 9.99. The van der Waals surface area contributed by atoms with Crippen LogP contribution in [0.4, 0.5) is 0 Å². The van der Waals surface area contributed by atoms with E-state index in [-0.39, 0.29) is 24.0 Å². The van der Waals surface area contributed by atoms with E-state index < -0.39 is 0 Å². The van der Waals surface area contributed by atoms with Crippen molar-refractivity contribution in [1.29, 1.82) is 0 Å². The summed E-state index contributed by atoms with van der Waals surface area (Å²) in [5, 5.41) is 7.07. The Labute approximate surface area is 183 Å². The molecule has 27 heavy (non-hydrogen) atoms. The van der Waals surface area contributed by atoms with Gasteiger partial charge in [-0.3, -0.25) is 4.99 Å². The van der Waals surface area contributed by atoms with Crippen LogP contribution >= 0.6 is 24.0 Å². The van der Waals surface area contributed by atoms with Crippen molar-refractivity contribution in [2.75, 3.05) is 33.7 Å². The standard InChI is InChI=1S/C21H37N5.HI/c1-6-25(5)16-19-9-7-8-18(14-19)15-23-21(22-4)24-20-10-12-26(13-11-20)17(2)3;/h7-9,14,17,20H,6,10-13,15-16H2,1-5H3,(H2,22,23,24);1H. The minimum atomic E-state index is 0. The molecule has 154 valence electrons. The van der Waals surface area contributed by atoms with E-state index in [2.05, 4.69) is 77.5 Å². The molecule has 0 aliphatic carbocycles. The molecule has 0 saturated carbocycles. The monoisotopic (exact) mass is 487 g/mol. The zero-order valence-corrected chi connectivity index (χ0v) is 20.0. The number of guanidine groups is 1. The largest absolute Gasteiger partial charge is 0.354 e. The first-order valence-electron chi connectivity index (χ1n) is 9.99. The molecule has 5 nitrogen and oxygen atoms in total. The third-order valence-corrected chi connectivity index (χ3v) is 5.27. The zero-order chi connectivity index (χ0) is 18.9. The molecule has 0 amide bonds. The smallest absolute Gasteiger partial charge is 0.191 e. The molecule has 0 atom stereocenters. The second kappa shape index (κ2) is 12.6. The molecule has 0 spiro atoms. The van der Waals surface area contributed by atoms with Gasteiger partial charge in [-0.2, -0.15) is 0 Å². The van der Waals surface area contributed by atoms with Crippen LogP contribution in [0.5, 0.6) is 0 Å². The van der Waals surface area contributed by atoms with Crippen molar-refractivity contribution in [3.63, 3.8) is 0 Å². The molecule has 0 bridgehead atoms. The van der Waals surface area contributed by atoms with E-state index in [4.69, 9.17) is 0 Å².